The van der Waals surface area contributed by atoms with Crippen LogP contribution in [0.15, 0.2) is 36.4 Å². The zero-order valence-corrected chi connectivity index (χ0v) is 15.7. The smallest absolute Gasteiger partial charge is 0.257 e. The van der Waals surface area contributed by atoms with E-state index in [4.69, 9.17) is 23.2 Å². The molecule has 0 aromatic heterocycles. The molecule has 1 aliphatic heterocycles. The van der Waals surface area contributed by atoms with E-state index in [1.165, 1.54) is 11.0 Å². The standard InChI is InChI=1S/C19H16Cl2F2N2O2/c20-14-6-5-12(10-15(14)21)24-18(26)17-3-1-2-8-25(17)19(27)13-9-11(22)4-7-16(13)23/h4-7,9-10,17H,1-3,8H2,(H,24,26). The Morgan fingerprint density at radius 1 is 1.04 bits per heavy atom. The fourth-order valence-corrected chi connectivity index (χ4v) is 3.36. The van der Waals surface area contributed by atoms with Gasteiger partial charge in [0.25, 0.3) is 5.91 Å². The molecule has 0 bridgehead atoms. The van der Waals surface area contributed by atoms with E-state index in [1.54, 1.807) is 12.1 Å². The van der Waals surface area contributed by atoms with E-state index < -0.39 is 29.5 Å². The van der Waals surface area contributed by atoms with Crippen LogP contribution in [0.5, 0.6) is 0 Å². The molecule has 1 fully saturated rings. The second-order valence-corrected chi connectivity index (χ2v) is 7.07. The molecule has 0 radical (unpaired) electrons. The minimum Gasteiger partial charge on any atom is -0.327 e. The van der Waals surface area contributed by atoms with Crippen molar-refractivity contribution in [1.29, 1.82) is 0 Å². The average molecular weight is 413 g/mol. The Morgan fingerprint density at radius 3 is 2.56 bits per heavy atom. The summed E-state index contributed by atoms with van der Waals surface area (Å²) in [5, 5.41) is 3.34. The van der Waals surface area contributed by atoms with Gasteiger partial charge in [-0.05, 0) is 55.7 Å². The van der Waals surface area contributed by atoms with Crippen LogP contribution in [0.3, 0.4) is 0 Å². The highest BCUT2D eigenvalue weighted by Crippen LogP contribution is 2.27. The summed E-state index contributed by atoms with van der Waals surface area (Å²) < 4.78 is 27.4. The number of hydrogen-bond donors (Lipinski definition) is 1. The third-order valence-corrected chi connectivity index (χ3v) is 5.15. The van der Waals surface area contributed by atoms with E-state index in [9.17, 15) is 18.4 Å². The summed E-state index contributed by atoms with van der Waals surface area (Å²) in [4.78, 5) is 26.7. The molecule has 27 heavy (non-hydrogen) atoms. The summed E-state index contributed by atoms with van der Waals surface area (Å²) in [6, 6.07) is 6.54. The number of piperidine rings is 1. The fraction of sp³-hybridized carbons (Fsp3) is 0.263. The monoisotopic (exact) mass is 412 g/mol. The van der Waals surface area contributed by atoms with E-state index in [1.807, 2.05) is 0 Å². The number of carbonyl (C=O) groups excluding carboxylic acids is 2. The van der Waals surface area contributed by atoms with Crippen molar-refractivity contribution in [2.75, 3.05) is 11.9 Å². The van der Waals surface area contributed by atoms with Crippen molar-refractivity contribution >= 4 is 40.7 Å². The number of halogens is 4. The molecule has 2 aromatic rings. The minimum absolute atomic E-state index is 0.285. The molecule has 2 amide bonds. The van der Waals surface area contributed by atoms with Gasteiger partial charge in [0.2, 0.25) is 5.91 Å². The molecular formula is C19H16Cl2F2N2O2. The first-order valence-corrected chi connectivity index (χ1v) is 9.14. The molecule has 1 aliphatic rings. The molecule has 8 heteroatoms. The Balaban J connectivity index is 1.82. The Labute approximate surface area is 165 Å². The van der Waals surface area contributed by atoms with Gasteiger partial charge in [-0.2, -0.15) is 0 Å². The Kier molecular flexibility index (Phi) is 5.97. The molecule has 1 saturated heterocycles. The van der Waals surface area contributed by atoms with Gasteiger partial charge in [-0.15, -0.1) is 0 Å². The molecule has 0 aliphatic carbocycles. The topological polar surface area (TPSA) is 49.4 Å². The van der Waals surface area contributed by atoms with Crippen LogP contribution < -0.4 is 5.32 Å². The van der Waals surface area contributed by atoms with Crippen LogP contribution in [0.1, 0.15) is 29.6 Å². The Morgan fingerprint density at radius 2 is 1.81 bits per heavy atom. The predicted molar refractivity (Wildman–Crippen MR) is 100 cm³/mol. The molecule has 4 nitrogen and oxygen atoms in total. The predicted octanol–water partition coefficient (Wildman–Crippen LogP) is 4.91. The first kappa shape index (κ1) is 19.6. The van der Waals surface area contributed by atoms with Crippen LogP contribution in [0.2, 0.25) is 10.0 Å². The van der Waals surface area contributed by atoms with E-state index in [2.05, 4.69) is 5.32 Å². The number of nitrogens with zero attached hydrogens (tertiary/aromatic N) is 1. The van der Waals surface area contributed by atoms with Crippen molar-refractivity contribution in [2.45, 2.75) is 25.3 Å². The third kappa shape index (κ3) is 4.39. The number of benzene rings is 2. The van der Waals surface area contributed by atoms with Crippen molar-refractivity contribution in [2.24, 2.45) is 0 Å². The zero-order valence-electron chi connectivity index (χ0n) is 14.1. The van der Waals surface area contributed by atoms with Gasteiger partial charge in [0.1, 0.15) is 17.7 Å². The van der Waals surface area contributed by atoms with Gasteiger partial charge in [0, 0.05) is 12.2 Å². The van der Waals surface area contributed by atoms with Crippen LogP contribution in [0, 0.1) is 11.6 Å². The minimum atomic E-state index is -0.824. The molecular weight excluding hydrogens is 397 g/mol. The van der Waals surface area contributed by atoms with Crippen molar-refractivity contribution in [1.82, 2.24) is 4.90 Å². The van der Waals surface area contributed by atoms with Gasteiger partial charge in [-0.25, -0.2) is 8.78 Å². The van der Waals surface area contributed by atoms with Crippen LogP contribution in [-0.2, 0) is 4.79 Å². The first-order valence-electron chi connectivity index (χ1n) is 8.39. The lowest BCUT2D eigenvalue weighted by Gasteiger charge is -2.34. The van der Waals surface area contributed by atoms with E-state index in [0.717, 1.165) is 24.6 Å². The lowest BCUT2D eigenvalue weighted by molar-refractivity contribution is -0.121. The molecule has 142 valence electrons. The maximum atomic E-state index is 14.0. The molecule has 1 N–H and O–H groups in total. The molecule has 3 rings (SSSR count). The van der Waals surface area contributed by atoms with Gasteiger partial charge in [0.05, 0.1) is 15.6 Å². The summed E-state index contributed by atoms with van der Waals surface area (Å²) in [6.07, 6.45) is 1.85. The number of carbonyl (C=O) groups is 2. The van der Waals surface area contributed by atoms with Crippen LogP contribution in [-0.4, -0.2) is 29.3 Å². The van der Waals surface area contributed by atoms with E-state index in [0.29, 0.717) is 23.6 Å². The SMILES string of the molecule is O=C(Nc1ccc(Cl)c(Cl)c1)C1CCCCN1C(=O)c1cc(F)ccc1F. The lowest BCUT2D eigenvalue weighted by Crippen LogP contribution is -2.50. The summed E-state index contributed by atoms with van der Waals surface area (Å²) in [5.74, 6) is -2.66. The van der Waals surface area contributed by atoms with Crippen molar-refractivity contribution in [3.8, 4) is 0 Å². The van der Waals surface area contributed by atoms with Crippen molar-refractivity contribution < 1.29 is 18.4 Å². The number of rotatable bonds is 3. The number of hydrogen-bond acceptors (Lipinski definition) is 2. The van der Waals surface area contributed by atoms with Gasteiger partial charge >= 0.3 is 0 Å². The van der Waals surface area contributed by atoms with Gasteiger partial charge in [-0.3, -0.25) is 9.59 Å². The van der Waals surface area contributed by atoms with Crippen molar-refractivity contribution in [3.05, 3.63) is 63.6 Å². The second kappa shape index (κ2) is 8.23. The van der Waals surface area contributed by atoms with Crippen LogP contribution in [0.4, 0.5) is 14.5 Å². The number of nitrogens with one attached hydrogen (secondary N) is 1. The highest BCUT2D eigenvalue weighted by molar-refractivity contribution is 6.42. The highest BCUT2D eigenvalue weighted by atomic mass is 35.5. The Bertz CT molecular complexity index is 892. The Hall–Kier alpha value is -2.18. The number of anilines is 1. The van der Waals surface area contributed by atoms with Crippen LogP contribution >= 0.6 is 23.2 Å². The lowest BCUT2D eigenvalue weighted by atomic mass is 9.99. The molecule has 2 aromatic carbocycles. The average Bonchev–Trinajstić information content (AvgIpc) is 2.66. The van der Waals surface area contributed by atoms with Gasteiger partial charge in [0.15, 0.2) is 0 Å². The first-order chi connectivity index (χ1) is 12.9. The molecule has 1 unspecified atom stereocenters. The second-order valence-electron chi connectivity index (χ2n) is 6.25. The normalized spacial score (nSPS) is 16.9. The molecule has 1 heterocycles. The fourth-order valence-electron chi connectivity index (χ4n) is 3.06. The molecule has 1 atom stereocenters. The maximum Gasteiger partial charge on any atom is 0.257 e. The molecule has 0 saturated carbocycles. The number of likely N-dealkylation sites (tertiary alicyclic amines) is 1. The summed E-state index contributed by atoms with van der Waals surface area (Å²) in [6.45, 7) is 0.286. The highest BCUT2D eigenvalue weighted by Gasteiger charge is 2.33. The quantitative estimate of drug-likeness (QED) is 0.778. The van der Waals surface area contributed by atoms with E-state index >= 15 is 0 Å². The van der Waals surface area contributed by atoms with Gasteiger partial charge < -0.3 is 10.2 Å². The van der Waals surface area contributed by atoms with E-state index in [-0.39, 0.29) is 17.1 Å². The van der Waals surface area contributed by atoms with Crippen LogP contribution in [0.25, 0.3) is 0 Å². The van der Waals surface area contributed by atoms with Crippen molar-refractivity contribution in [3.63, 3.8) is 0 Å². The maximum absolute atomic E-state index is 14.0. The van der Waals surface area contributed by atoms with Gasteiger partial charge in [-0.1, -0.05) is 23.2 Å². The largest absolute Gasteiger partial charge is 0.327 e. The zero-order chi connectivity index (χ0) is 19.6. The summed E-state index contributed by atoms with van der Waals surface area (Å²) in [7, 11) is 0. The molecule has 0 spiro atoms. The number of amides is 2. The summed E-state index contributed by atoms with van der Waals surface area (Å²) in [5.41, 5.74) is 0.0496. The third-order valence-electron chi connectivity index (χ3n) is 4.41. The summed E-state index contributed by atoms with van der Waals surface area (Å²) >= 11 is 11.8.